The molecule has 1 amide bonds. The van der Waals surface area contributed by atoms with E-state index in [-0.39, 0.29) is 35.3 Å². The number of hydrogen-bond acceptors (Lipinski definition) is 6. The molecule has 2 aromatic rings. The van der Waals surface area contributed by atoms with E-state index in [9.17, 15) is 14.3 Å². The van der Waals surface area contributed by atoms with Crippen LogP contribution in [0.1, 0.15) is 76.2 Å². The number of carbonyl (C=O) groups is 1. The van der Waals surface area contributed by atoms with Crippen molar-refractivity contribution in [2.24, 2.45) is 5.41 Å². The number of amides is 1. The van der Waals surface area contributed by atoms with E-state index in [1.54, 1.807) is 12.1 Å². The summed E-state index contributed by atoms with van der Waals surface area (Å²) in [5.74, 6) is 1.02. The van der Waals surface area contributed by atoms with Gasteiger partial charge < -0.3 is 25.8 Å². The summed E-state index contributed by atoms with van der Waals surface area (Å²) >= 11 is 0. The number of ether oxygens (including phenoxy) is 1. The number of fused-ring (bicyclic) bond motifs is 1. The zero-order chi connectivity index (χ0) is 26.8. The predicted molar refractivity (Wildman–Crippen MR) is 143 cm³/mol. The van der Waals surface area contributed by atoms with E-state index < -0.39 is 12.1 Å². The van der Waals surface area contributed by atoms with Crippen molar-refractivity contribution in [2.45, 2.75) is 90.0 Å². The summed E-state index contributed by atoms with van der Waals surface area (Å²) in [5.41, 5.74) is 2.78. The maximum absolute atomic E-state index is 13.4. The third-order valence-electron chi connectivity index (χ3n) is 7.33. The number of halogens is 1. The molecule has 7 nitrogen and oxygen atoms in total. The highest BCUT2D eigenvalue weighted by Crippen LogP contribution is 2.51. The molecule has 3 atom stereocenters. The number of nitrogens with one attached hydrogen (secondary N) is 3. The van der Waals surface area contributed by atoms with Gasteiger partial charge >= 0.3 is 0 Å². The Labute approximate surface area is 219 Å². The number of aromatic nitrogens is 1. The fourth-order valence-electron chi connectivity index (χ4n) is 5.40. The Balaban J connectivity index is 1.56. The molecule has 4 rings (SSSR count). The van der Waals surface area contributed by atoms with Crippen LogP contribution in [-0.4, -0.2) is 47.3 Å². The summed E-state index contributed by atoms with van der Waals surface area (Å²) in [6.45, 7) is 8.32. The van der Waals surface area contributed by atoms with E-state index in [0.717, 1.165) is 60.5 Å². The number of hydrogen-bond donors (Lipinski definition) is 4. The maximum atomic E-state index is 13.4. The van der Waals surface area contributed by atoms with Gasteiger partial charge in [-0.2, -0.15) is 0 Å². The van der Waals surface area contributed by atoms with Gasteiger partial charge in [-0.3, -0.25) is 4.79 Å². The molecule has 1 aromatic heterocycles. The molecule has 2 heterocycles. The van der Waals surface area contributed by atoms with Gasteiger partial charge in [0.15, 0.2) is 11.6 Å². The van der Waals surface area contributed by atoms with Crippen LogP contribution in [0.4, 0.5) is 10.2 Å². The van der Waals surface area contributed by atoms with Crippen LogP contribution in [-0.2, 0) is 17.6 Å². The third kappa shape index (κ3) is 6.79. The van der Waals surface area contributed by atoms with Crippen LogP contribution < -0.4 is 20.7 Å². The van der Waals surface area contributed by atoms with Gasteiger partial charge in [-0.05, 0) is 61.3 Å². The molecular weight excluding hydrogens is 471 g/mol. The van der Waals surface area contributed by atoms with Crippen molar-refractivity contribution in [1.82, 2.24) is 15.6 Å². The maximum Gasteiger partial charge on any atom is 0.217 e. The lowest BCUT2D eigenvalue weighted by atomic mass is 9.72. The van der Waals surface area contributed by atoms with Crippen molar-refractivity contribution >= 4 is 11.7 Å². The Hall–Kier alpha value is -2.71. The first kappa shape index (κ1) is 27.3. The lowest BCUT2D eigenvalue weighted by Crippen LogP contribution is -2.52. The molecule has 1 aromatic carbocycles. The SMILES string of the molecule is CNc1nc(CC(C)(C)C)cc2c1OC1(CCC1)C[C@@H]2NC[C@@H](O)[C@H](Cc1ccc(F)cc1)NC(C)=O. The van der Waals surface area contributed by atoms with Crippen LogP contribution in [0.15, 0.2) is 30.3 Å². The standard InChI is InChI=1S/C29H41FN4O3/c1-18(35)33-23(13-19-7-9-20(30)10-8-19)25(36)17-32-24-16-29(11-6-12-29)37-26-22(24)14-21(15-28(2,3)4)34-27(26)31-5/h7-10,14,23-25,32,36H,6,11-13,15-17H2,1-5H3,(H,31,34)(H,33,35)/t23-,24-,25+/m0/s1. The second-order valence-corrected chi connectivity index (χ2v) is 11.9. The van der Waals surface area contributed by atoms with Gasteiger partial charge in [0.2, 0.25) is 5.91 Å². The van der Waals surface area contributed by atoms with Crippen LogP contribution in [0.5, 0.6) is 5.75 Å². The highest BCUT2D eigenvalue weighted by Gasteiger charge is 2.46. The van der Waals surface area contributed by atoms with Crippen LogP contribution in [0, 0.1) is 11.2 Å². The fraction of sp³-hybridized carbons (Fsp3) is 0.586. The summed E-state index contributed by atoms with van der Waals surface area (Å²) < 4.78 is 19.9. The molecule has 1 aliphatic carbocycles. The summed E-state index contributed by atoms with van der Waals surface area (Å²) in [7, 11) is 1.87. The van der Waals surface area contributed by atoms with Crippen molar-refractivity contribution in [2.75, 3.05) is 18.9 Å². The van der Waals surface area contributed by atoms with Crippen LogP contribution in [0.25, 0.3) is 0 Å². The fourth-order valence-corrected chi connectivity index (χ4v) is 5.40. The van der Waals surface area contributed by atoms with E-state index in [1.807, 2.05) is 7.05 Å². The van der Waals surface area contributed by atoms with Gasteiger partial charge in [0.25, 0.3) is 0 Å². The first-order chi connectivity index (χ1) is 17.5. The largest absolute Gasteiger partial charge is 0.483 e. The Morgan fingerprint density at radius 1 is 1.27 bits per heavy atom. The Kier molecular flexibility index (Phi) is 8.09. The zero-order valence-electron chi connectivity index (χ0n) is 22.7. The number of aliphatic hydroxyl groups is 1. The number of benzene rings is 1. The van der Waals surface area contributed by atoms with E-state index >= 15 is 0 Å². The van der Waals surface area contributed by atoms with Gasteiger partial charge in [0.1, 0.15) is 11.4 Å². The zero-order valence-corrected chi connectivity index (χ0v) is 22.7. The molecule has 202 valence electrons. The smallest absolute Gasteiger partial charge is 0.217 e. The molecule has 1 fully saturated rings. The predicted octanol–water partition coefficient (Wildman–Crippen LogP) is 4.30. The van der Waals surface area contributed by atoms with Gasteiger partial charge in [-0.15, -0.1) is 0 Å². The number of pyridine rings is 1. The number of nitrogens with zero attached hydrogens (tertiary/aromatic N) is 1. The number of anilines is 1. The van der Waals surface area contributed by atoms with Crippen LogP contribution in [0.3, 0.4) is 0 Å². The van der Waals surface area contributed by atoms with Crippen LogP contribution >= 0.6 is 0 Å². The monoisotopic (exact) mass is 512 g/mol. The molecule has 2 aliphatic rings. The highest BCUT2D eigenvalue weighted by atomic mass is 19.1. The molecule has 1 aliphatic heterocycles. The summed E-state index contributed by atoms with van der Waals surface area (Å²) in [6.07, 6.45) is 4.35. The van der Waals surface area contributed by atoms with Gasteiger partial charge in [0, 0.05) is 44.2 Å². The normalized spacial score (nSPS) is 19.8. The highest BCUT2D eigenvalue weighted by molar-refractivity contribution is 5.73. The first-order valence-electron chi connectivity index (χ1n) is 13.3. The van der Waals surface area contributed by atoms with Gasteiger partial charge in [-0.25, -0.2) is 9.37 Å². The first-order valence-corrected chi connectivity index (χ1v) is 13.3. The third-order valence-corrected chi connectivity index (χ3v) is 7.33. The topological polar surface area (TPSA) is 95.5 Å². The number of aliphatic hydroxyl groups excluding tert-OH is 1. The minimum absolute atomic E-state index is 0.0173. The molecule has 0 bridgehead atoms. The lowest BCUT2D eigenvalue weighted by molar-refractivity contribution is -0.120. The molecule has 0 radical (unpaired) electrons. The minimum atomic E-state index is -0.836. The summed E-state index contributed by atoms with van der Waals surface area (Å²) in [6, 6.07) is 7.77. The second kappa shape index (κ2) is 11.0. The second-order valence-electron chi connectivity index (χ2n) is 11.9. The van der Waals surface area contributed by atoms with E-state index in [4.69, 9.17) is 9.72 Å². The van der Waals surface area contributed by atoms with Crippen molar-refractivity contribution in [3.8, 4) is 5.75 Å². The summed E-state index contributed by atoms with van der Waals surface area (Å²) in [5, 5.41) is 20.9. The quantitative estimate of drug-likeness (QED) is 0.400. The number of rotatable bonds is 9. The van der Waals surface area contributed by atoms with Crippen molar-refractivity contribution in [3.05, 3.63) is 53.0 Å². The van der Waals surface area contributed by atoms with E-state index in [2.05, 4.69) is 42.8 Å². The molecule has 0 saturated heterocycles. The van der Waals surface area contributed by atoms with Gasteiger partial charge in [-0.1, -0.05) is 32.9 Å². The van der Waals surface area contributed by atoms with Crippen LogP contribution in [0.2, 0.25) is 0 Å². The Bertz CT molecular complexity index is 1100. The molecular formula is C29H41FN4O3. The molecule has 8 heteroatoms. The molecule has 1 saturated carbocycles. The lowest BCUT2D eigenvalue weighted by Gasteiger charge is -2.48. The molecule has 1 spiro atoms. The number of carbonyl (C=O) groups excluding carboxylic acids is 1. The minimum Gasteiger partial charge on any atom is -0.483 e. The van der Waals surface area contributed by atoms with E-state index in [1.165, 1.54) is 19.1 Å². The molecule has 0 unspecified atom stereocenters. The van der Waals surface area contributed by atoms with Gasteiger partial charge in [0.05, 0.1) is 12.1 Å². The van der Waals surface area contributed by atoms with Crippen molar-refractivity contribution in [1.29, 1.82) is 0 Å². The Morgan fingerprint density at radius 2 is 1.97 bits per heavy atom. The van der Waals surface area contributed by atoms with E-state index in [0.29, 0.717) is 6.42 Å². The Morgan fingerprint density at radius 3 is 2.54 bits per heavy atom. The summed E-state index contributed by atoms with van der Waals surface area (Å²) in [4.78, 5) is 16.8. The van der Waals surface area contributed by atoms with Crippen molar-refractivity contribution < 1.29 is 19.0 Å². The molecule has 4 N–H and O–H groups in total. The average Bonchev–Trinajstić information content (AvgIpc) is 2.80. The van der Waals surface area contributed by atoms with Crippen molar-refractivity contribution in [3.63, 3.8) is 0 Å². The average molecular weight is 513 g/mol. The molecule has 37 heavy (non-hydrogen) atoms.